The molecule has 0 fully saturated rings. The Bertz CT molecular complexity index is 625. The Morgan fingerprint density at radius 3 is 2.80 bits per heavy atom. The lowest BCUT2D eigenvalue weighted by atomic mass is 10.2. The molecule has 2 aromatic rings. The molecule has 0 radical (unpaired) electrons. The Morgan fingerprint density at radius 2 is 2.15 bits per heavy atom. The first kappa shape index (κ1) is 14.2. The lowest BCUT2D eigenvalue weighted by Gasteiger charge is -2.14. The first-order valence-corrected chi connectivity index (χ1v) is 6.32. The second-order valence-corrected chi connectivity index (χ2v) is 4.50. The van der Waals surface area contributed by atoms with Crippen molar-refractivity contribution in [3.8, 4) is 0 Å². The molecule has 1 N–H and O–H groups in total. The second kappa shape index (κ2) is 5.81. The van der Waals surface area contributed by atoms with Crippen LogP contribution in [-0.4, -0.2) is 15.7 Å². The van der Waals surface area contributed by atoms with Crippen molar-refractivity contribution >= 4 is 11.7 Å². The van der Waals surface area contributed by atoms with Gasteiger partial charge in [0, 0.05) is 12.1 Å². The number of nitrogens with zero attached hydrogens (tertiary/aromatic N) is 2. The number of hydrogen-bond acceptors (Lipinski definition) is 2. The van der Waals surface area contributed by atoms with Gasteiger partial charge in [0.2, 0.25) is 0 Å². The van der Waals surface area contributed by atoms with Gasteiger partial charge in [-0.15, -0.1) is 0 Å². The molecule has 0 aliphatic rings. The van der Waals surface area contributed by atoms with E-state index >= 15 is 0 Å². The zero-order valence-electron chi connectivity index (χ0n) is 11.2. The first-order valence-electron chi connectivity index (χ1n) is 6.32. The number of nitrogens with one attached hydrogen (secondary N) is 1. The van der Waals surface area contributed by atoms with Crippen LogP contribution < -0.4 is 5.32 Å². The average molecular weight is 279 g/mol. The third-order valence-corrected chi connectivity index (χ3v) is 3.10. The lowest BCUT2D eigenvalue weighted by molar-refractivity contribution is 0.102. The summed E-state index contributed by atoms with van der Waals surface area (Å²) < 4.78 is 28.0. The van der Waals surface area contributed by atoms with Crippen LogP contribution in [0.15, 0.2) is 30.5 Å². The summed E-state index contributed by atoms with van der Waals surface area (Å²) in [4.78, 5) is 12.0. The minimum atomic E-state index is -0.892. The van der Waals surface area contributed by atoms with Crippen molar-refractivity contribution in [3.05, 3.63) is 47.7 Å². The van der Waals surface area contributed by atoms with Crippen molar-refractivity contribution < 1.29 is 13.6 Å². The fourth-order valence-electron chi connectivity index (χ4n) is 1.79. The predicted octanol–water partition coefficient (Wildman–Crippen LogP) is 3.38. The molecule has 106 valence electrons. The highest BCUT2D eigenvalue weighted by atomic mass is 19.1. The fourth-order valence-corrected chi connectivity index (χ4v) is 1.79. The van der Waals surface area contributed by atoms with E-state index in [4.69, 9.17) is 0 Å². The fraction of sp³-hybridized carbons (Fsp3) is 0.286. The van der Waals surface area contributed by atoms with Gasteiger partial charge in [0.25, 0.3) is 5.91 Å². The number of amides is 1. The van der Waals surface area contributed by atoms with Gasteiger partial charge < -0.3 is 5.32 Å². The average Bonchev–Trinajstić information content (AvgIpc) is 2.85. The molecule has 6 heteroatoms. The number of aromatic nitrogens is 2. The Hall–Kier alpha value is -2.24. The van der Waals surface area contributed by atoms with Gasteiger partial charge in [-0.05, 0) is 25.5 Å². The highest BCUT2D eigenvalue weighted by Crippen LogP contribution is 2.18. The molecule has 0 saturated heterocycles. The normalized spacial score (nSPS) is 12.2. The molecular formula is C14H15F2N3O. The molecule has 1 atom stereocenters. The van der Waals surface area contributed by atoms with Gasteiger partial charge in [0.15, 0.2) is 0 Å². The Kier molecular flexibility index (Phi) is 4.12. The van der Waals surface area contributed by atoms with E-state index in [1.54, 1.807) is 16.9 Å². The molecule has 4 nitrogen and oxygen atoms in total. The zero-order chi connectivity index (χ0) is 14.7. The quantitative estimate of drug-likeness (QED) is 0.932. The van der Waals surface area contributed by atoms with Crippen molar-refractivity contribution in [2.75, 3.05) is 5.32 Å². The second-order valence-electron chi connectivity index (χ2n) is 4.50. The van der Waals surface area contributed by atoms with E-state index in [9.17, 15) is 13.6 Å². The number of rotatable bonds is 4. The lowest BCUT2D eigenvalue weighted by Crippen LogP contribution is -2.18. The molecule has 1 unspecified atom stereocenters. The molecule has 1 aromatic carbocycles. The highest BCUT2D eigenvalue weighted by Gasteiger charge is 2.15. The molecule has 0 aliphatic carbocycles. The molecular weight excluding hydrogens is 264 g/mol. The van der Waals surface area contributed by atoms with Gasteiger partial charge in [-0.3, -0.25) is 4.79 Å². The van der Waals surface area contributed by atoms with E-state index in [1.165, 1.54) is 0 Å². The molecule has 0 saturated carbocycles. The smallest absolute Gasteiger partial charge is 0.259 e. The monoisotopic (exact) mass is 279 g/mol. The van der Waals surface area contributed by atoms with Crippen LogP contribution in [0.25, 0.3) is 0 Å². The van der Waals surface area contributed by atoms with Crippen LogP contribution in [0.2, 0.25) is 0 Å². The Labute approximate surface area is 115 Å². The van der Waals surface area contributed by atoms with Gasteiger partial charge in [-0.25, -0.2) is 13.5 Å². The third kappa shape index (κ3) is 2.84. The van der Waals surface area contributed by atoms with Crippen LogP contribution in [0.3, 0.4) is 0 Å². The van der Waals surface area contributed by atoms with E-state index in [1.807, 2.05) is 13.8 Å². The molecule has 0 spiro atoms. The van der Waals surface area contributed by atoms with Crippen molar-refractivity contribution in [1.82, 2.24) is 9.78 Å². The number of hydrogen-bond donors (Lipinski definition) is 1. The van der Waals surface area contributed by atoms with Crippen molar-refractivity contribution in [2.24, 2.45) is 0 Å². The predicted molar refractivity (Wildman–Crippen MR) is 71.5 cm³/mol. The summed E-state index contributed by atoms with van der Waals surface area (Å²) in [6.45, 7) is 3.96. The molecule has 20 heavy (non-hydrogen) atoms. The van der Waals surface area contributed by atoms with Crippen LogP contribution in [0.4, 0.5) is 14.6 Å². The van der Waals surface area contributed by atoms with E-state index < -0.39 is 17.5 Å². The zero-order valence-corrected chi connectivity index (χ0v) is 11.2. The minimum absolute atomic E-state index is 0.110. The molecule has 1 heterocycles. The summed E-state index contributed by atoms with van der Waals surface area (Å²) in [7, 11) is 0. The summed E-state index contributed by atoms with van der Waals surface area (Å²) >= 11 is 0. The minimum Gasteiger partial charge on any atom is -0.307 e. The summed E-state index contributed by atoms with van der Waals surface area (Å²) in [5, 5.41) is 6.70. The van der Waals surface area contributed by atoms with Crippen molar-refractivity contribution in [2.45, 2.75) is 26.3 Å². The first-order chi connectivity index (χ1) is 9.52. The Morgan fingerprint density at radius 1 is 1.40 bits per heavy atom. The summed E-state index contributed by atoms with van der Waals surface area (Å²) in [5.41, 5.74) is -0.205. The van der Waals surface area contributed by atoms with Gasteiger partial charge in [0.05, 0.1) is 17.8 Å². The summed E-state index contributed by atoms with van der Waals surface area (Å²) in [6.07, 6.45) is 2.40. The highest BCUT2D eigenvalue weighted by molar-refractivity contribution is 6.04. The van der Waals surface area contributed by atoms with Crippen molar-refractivity contribution in [1.29, 1.82) is 0 Å². The van der Waals surface area contributed by atoms with Crippen molar-refractivity contribution in [3.63, 3.8) is 0 Å². The third-order valence-electron chi connectivity index (χ3n) is 3.10. The standard InChI is InChI=1S/C14H15F2N3O/c1-3-9(2)19-13(6-7-17-19)18-14(20)11-5-4-10(15)8-12(11)16/h4-9H,3H2,1-2H3,(H,18,20). The molecule has 2 rings (SSSR count). The molecule has 1 aromatic heterocycles. The van der Waals surface area contributed by atoms with Gasteiger partial charge in [0.1, 0.15) is 17.5 Å². The van der Waals surface area contributed by atoms with Crippen LogP contribution in [0.5, 0.6) is 0 Å². The van der Waals surface area contributed by atoms with Crippen LogP contribution in [0.1, 0.15) is 36.7 Å². The van der Waals surface area contributed by atoms with Gasteiger partial charge >= 0.3 is 0 Å². The number of halogens is 2. The molecule has 1 amide bonds. The SMILES string of the molecule is CCC(C)n1nccc1NC(=O)c1ccc(F)cc1F. The molecule has 0 aliphatic heterocycles. The maximum absolute atomic E-state index is 13.5. The summed E-state index contributed by atoms with van der Waals surface area (Å²) in [6, 6.07) is 4.58. The topological polar surface area (TPSA) is 46.9 Å². The number of carbonyl (C=O) groups excluding carboxylic acids is 1. The Balaban J connectivity index is 2.22. The summed E-state index contributed by atoms with van der Waals surface area (Å²) in [5.74, 6) is -1.76. The number of benzene rings is 1. The van der Waals surface area contributed by atoms with E-state index in [2.05, 4.69) is 10.4 Å². The van der Waals surface area contributed by atoms with E-state index in [0.717, 1.165) is 18.6 Å². The van der Waals surface area contributed by atoms with Gasteiger partial charge in [-0.1, -0.05) is 6.92 Å². The van der Waals surface area contributed by atoms with Gasteiger partial charge in [-0.2, -0.15) is 5.10 Å². The van der Waals surface area contributed by atoms with Crippen LogP contribution >= 0.6 is 0 Å². The largest absolute Gasteiger partial charge is 0.307 e. The molecule has 0 bridgehead atoms. The maximum Gasteiger partial charge on any atom is 0.259 e. The maximum atomic E-state index is 13.5. The van der Waals surface area contributed by atoms with E-state index in [0.29, 0.717) is 11.9 Å². The van der Waals surface area contributed by atoms with Crippen LogP contribution in [-0.2, 0) is 0 Å². The number of anilines is 1. The van der Waals surface area contributed by atoms with E-state index in [-0.39, 0.29) is 11.6 Å². The van der Waals surface area contributed by atoms with Crippen LogP contribution in [0, 0.1) is 11.6 Å². The number of carbonyl (C=O) groups is 1.